The standard InChI is InChI=1S/C14H12N4O4S2/c1-22-12(21)9(23-14-17-16-13(15)24-14)6-18-10(19)7-4-2-3-5-8(7)11(18)20/h2-5,9H,6H2,1H3,(H2,15,16). The van der Waals surface area contributed by atoms with Crippen LogP contribution in [0.15, 0.2) is 28.6 Å². The van der Waals surface area contributed by atoms with Crippen LogP contribution in [0.2, 0.25) is 0 Å². The van der Waals surface area contributed by atoms with E-state index in [0.29, 0.717) is 15.5 Å². The zero-order valence-corrected chi connectivity index (χ0v) is 14.1. The number of carbonyl (C=O) groups is 3. The SMILES string of the molecule is COC(=O)C(CN1C(=O)c2ccccc2C1=O)Sc1nnc(N)s1. The van der Waals surface area contributed by atoms with Crippen molar-refractivity contribution in [3.63, 3.8) is 0 Å². The molecule has 124 valence electrons. The first kappa shape index (κ1) is 16.4. The molecule has 2 aromatic rings. The zero-order valence-electron chi connectivity index (χ0n) is 12.5. The maximum absolute atomic E-state index is 12.4. The highest BCUT2D eigenvalue weighted by atomic mass is 32.2. The molecule has 0 aliphatic carbocycles. The monoisotopic (exact) mass is 364 g/mol. The number of anilines is 1. The fourth-order valence-corrected chi connectivity index (χ4v) is 4.14. The molecule has 1 atom stereocenters. The first-order chi connectivity index (χ1) is 11.5. The van der Waals surface area contributed by atoms with Gasteiger partial charge in [-0.05, 0) is 12.1 Å². The summed E-state index contributed by atoms with van der Waals surface area (Å²) in [7, 11) is 1.24. The number of aromatic nitrogens is 2. The van der Waals surface area contributed by atoms with Crippen LogP contribution in [0.4, 0.5) is 5.13 Å². The zero-order chi connectivity index (χ0) is 17.3. The van der Waals surface area contributed by atoms with Crippen LogP contribution in [0, 0.1) is 0 Å². The van der Waals surface area contributed by atoms with Crippen LogP contribution in [0.3, 0.4) is 0 Å². The number of nitrogens with zero attached hydrogens (tertiary/aromatic N) is 3. The summed E-state index contributed by atoms with van der Waals surface area (Å²) >= 11 is 2.17. The van der Waals surface area contributed by atoms with E-state index in [9.17, 15) is 14.4 Å². The van der Waals surface area contributed by atoms with Crippen molar-refractivity contribution in [3.05, 3.63) is 35.4 Å². The van der Waals surface area contributed by atoms with Crippen LogP contribution < -0.4 is 5.73 Å². The lowest BCUT2D eigenvalue weighted by molar-refractivity contribution is -0.140. The molecule has 10 heteroatoms. The number of benzene rings is 1. The number of fused-ring (bicyclic) bond motifs is 1. The van der Waals surface area contributed by atoms with Crippen molar-refractivity contribution in [3.8, 4) is 0 Å². The number of nitrogens with two attached hydrogens (primary N) is 1. The number of hydrogen-bond donors (Lipinski definition) is 1. The van der Waals surface area contributed by atoms with E-state index < -0.39 is 23.0 Å². The first-order valence-corrected chi connectivity index (χ1v) is 8.49. The average molecular weight is 364 g/mol. The smallest absolute Gasteiger partial charge is 0.321 e. The van der Waals surface area contributed by atoms with Gasteiger partial charge in [-0.2, -0.15) is 0 Å². The molecule has 2 N–H and O–H groups in total. The van der Waals surface area contributed by atoms with Gasteiger partial charge >= 0.3 is 5.97 Å². The minimum absolute atomic E-state index is 0.122. The number of imide groups is 1. The fraction of sp³-hybridized carbons (Fsp3) is 0.214. The van der Waals surface area contributed by atoms with Gasteiger partial charge in [-0.25, -0.2) is 0 Å². The second-order valence-corrected chi connectivity index (χ2v) is 7.26. The lowest BCUT2D eigenvalue weighted by Crippen LogP contribution is -2.39. The number of rotatable bonds is 5. The molecule has 3 rings (SSSR count). The summed E-state index contributed by atoms with van der Waals surface area (Å²) in [6.07, 6.45) is 0. The Bertz CT molecular complexity index is 788. The molecule has 2 heterocycles. The van der Waals surface area contributed by atoms with Crippen molar-refractivity contribution in [2.24, 2.45) is 0 Å². The molecule has 0 fully saturated rings. The third-order valence-electron chi connectivity index (χ3n) is 3.36. The summed E-state index contributed by atoms with van der Waals surface area (Å²) in [5.41, 5.74) is 6.18. The van der Waals surface area contributed by atoms with Gasteiger partial charge in [0.25, 0.3) is 11.8 Å². The number of esters is 1. The molecule has 0 saturated carbocycles. The summed E-state index contributed by atoms with van der Waals surface area (Å²) in [4.78, 5) is 37.9. The van der Waals surface area contributed by atoms with Gasteiger partial charge in [0.05, 0.1) is 24.8 Å². The van der Waals surface area contributed by atoms with Gasteiger partial charge in [0, 0.05) is 0 Å². The van der Waals surface area contributed by atoms with Crippen molar-refractivity contribution in [2.45, 2.75) is 9.59 Å². The summed E-state index contributed by atoms with van der Waals surface area (Å²) in [5.74, 6) is -1.42. The van der Waals surface area contributed by atoms with Crippen LogP contribution in [0.5, 0.6) is 0 Å². The predicted molar refractivity (Wildman–Crippen MR) is 87.8 cm³/mol. The van der Waals surface area contributed by atoms with E-state index in [2.05, 4.69) is 10.2 Å². The predicted octanol–water partition coefficient (Wildman–Crippen LogP) is 1.05. The number of amides is 2. The minimum atomic E-state index is -0.815. The number of hydrogen-bond acceptors (Lipinski definition) is 9. The number of methoxy groups -OCH3 is 1. The Kier molecular flexibility index (Phi) is 4.49. The van der Waals surface area contributed by atoms with Gasteiger partial charge in [-0.1, -0.05) is 35.2 Å². The van der Waals surface area contributed by atoms with Crippen LogP contribution in [-0.4, -0.2) is 51.8 Å². The van der Waals surface area contributed by atoms with Crippen molar-refractivity contribution in [1.29, 1.82) is 0 Å². The number of thioether (sulfide) groups is 1. The van der Waals surface area contributed by atoms with E-state index in [1.807, 2.05) is 0 Å². The molecule has 0 spiro atoms. The summed E-state index contributed by atoms with van der Waals surface area (Å²) in [5, 5.41) is 6.96. The van der Waals surface area contributed by atoms with Gasteiger partial charge in [-0.3, -0.25) is 19.3 Å². The molecule has 1 unspecified atom stereocenters. The highest BCUT2D eigenvalue weighted by Crippen LogP contribution is 2.31. The molecule has 8 nitrogen and oxygen atoms in total. The molecular formula is C14H12N4O4S2. The van der Waals surface area contributed by atoms with Gasteiger partial charge in [0.1, 0.15) is 5.25 Å². The van der Waals surface area contributed by atoms with Crippen LogP contribution in [0.25, 0.3) is 0 Å². The molecule has 1 aliphatic heterocycles. The summed E-state index contributed by atoms with van der Waals surface area (Å²) < 4.78 is 5.22. The normalized spacial score (nSPS) is 14.6. The first-order valence-electron chi connectivity index (χ1n) is 6.80. The maximum Gasteiger partial charge on any atom is 0.321 e. The van der Waals surface area contributed by atoms with Crippen molar-refractivity contribution < 1.29 is 19.1 Å². The van der Waals surface area contributed by atoms with Crippen LogP contribution in [0.1, 0.15) is 20.7 Å². The molecule has 1 aromatic carbocycles. The highest BCUT2D eigenvalue weighted by Gasteiger charge is 2.38. The Labute approximate surface area is 145 Å². The second-order valence-electron chi connectivity index (χ2n) is 4.80. The summed E-state index contributed by atoms with van der Waals surface area (Å²) in [6, 6.07) is 6.54. The van der Waals surface area contributed by atoms with Crippen LogP contribution >= 0.6 is 23.1 Å². The van der Waals surface area contributed by atoms with E-state index in [1.54, 1.807) is 24.3 Å². The van der Waals surface area contributed by atoms with E-state index in [1.165, 1.54) is 7.11 Å². The lowest BCUT2D eigenvalue weighted by Gasteiger charge is -2.19. The van der Waals surface area contributed by atoms with Gasteiger partial charge in [0.2, 0.25) is 5.13 Å². The average Bonchev–Trinajstić information content (AvgIpc) is 3.10. The quantitative estimate of drug-likeness (QED) is 0.475. The number of ether oxygens (including phenoxy) is 1. The molecule has 1 aliphatic rings. The Morgan fingerprint density at radius 2 is 1.92 bits per heavy atom. The summed E-state index contributed by atoms with van der Waals surface area (Å²) in [6.45, 7) is -0.122. The third-order valence-corrected chi connectivity index (χ3v) is 5.35. The number of nitrogen functional groups attached to an aromatic ring is 1. The Morgan fingerprint density at radius 3 is 2.42 bits per heavy atom. The molecular weight excluding hydrogens is 352 g/mol. The largest absolute Gasteiger partial charge is 0.468 e. The maximum atomic E-state index is 12.4. The molecule has 24 heavy (non-hydrogen) atoms. The van der Waals surface area contributed by atoms with Crippen molar-refractivity contribution in [2.75, 3.05) is 19.4 Å². The second kappa shape index (κ2) is 6.57. The Hall–Kier alpha value is -2.46. The molecule has 1 aromatic heterocycles. The number of carbonyl (C=O) groups excluding carboxylic acids is 3. The molecule has 0 saturated heterocycles. The van der Waals surface area contributed by atoms with E-state index >= 15 is 0 Å². The Morgan fingerprint density at radius 1 is 1.29 bits per heavy atom. The van der Waals surface area contributed by atoms with Gasteiger partial charge < -0.3 is 10.5 Å². The van der Waals surface area contributed by atoms with Gasteiger partial charge in [-0.15, -0.1) is 10.2 Å². The minimum Gasteiger partial charge on any atom is -0.468 e. The molecule has 2 amide bonds. The van der Waals surface area contributed by atoms with Crippen molar-refractivity contribution in [1.82, 2.24) is 15.1 Å². The highest BCUT2D eigenvalue weighted by molar-refractivity contribution is 8.02. The topological polar surface area (TPSA) is 115 Å². The lowest BCUT2D eigenvalue weighted by atomic mass is 10.1. The van der Waals surface area contributed by atoms with E-state index in [-0.39, 0.29) is 11.7 Å². The Balaban J connectivity index is 1.82. The van der Waals surface area contributed by atoms with Crippen molar-refractivity contribution >= 4 is 46.0 Å². The van der Waals surface area contributed by atoms with Crippen LogP contribution in [-0.2, 0) is 9.53 Å². The van der Waals surface area contributed by atoms with E-state index in [0.717, 1.165) is 28.0 Å². The fourth-order valence-electron chi connectivity index (χ4n) is 2.25. The van der Waals surface area contributed by atoms with E-state index in [4.69, 9.17) is 10.5 Å². The van der Waals surface area contributed by atoms with Gasteiger partial charge in [0.15, 0.2) is 4.34 Å². The third kappa shape index (κ3) is 2.97. The molecule has 0 bridgehead atoms. The molecule has 0 radical (unpaired) electrons.